The maximum atomic E-state index is 11.3. The van der Waals surface area contributed by atoms with E-state index < -0.39 is 7.12 Å². The van der Waals surface area contributed by atoms with E-state index in [4.69, 9.17) is 9.31 Å². The van der Waals surface area contributed by atoms with Gasteiger partial charge in [0.05, 0.1) is 18.3 Å². The molecule has 2 heterocycles. The number of ether oxygens (including phenoxy) is 1. The zero-order chi connectivity index (χ0) is 19.7. The quantitative estimate of drug-likeness (QED) is 0.600. The van der Waals surface area contributed by atoms with E-state index >= 15 is 0 Å². The van der Waals surface area contributed by atoms with Gasteiger partial charge in [-0.2, -0.15) is 0 Å². The number of aryl methyl sites for hydroxylation is 1. The number of esters is 1. The smallest absolute Gasteiger partial charge is 0.469 e. The Hall–Kier alpha value is -2.18. The minimum Gasteiger partial charge on any atom is -0.469 e. The summed E-state index contributed by atoms with van der Waals surface area (Å²) in [7, 11) is 0.979. The van der Waals surface area contributed by atoms with Crippen molar-refractivity contribution in [2.24, 2.45) is 0 Å². The van der Waals surface area contributed by atoms with Crippen molar-refractivity contribution in [3.05, 3.63) is 48.3 Å². The minimum absolute atomic E-state index is 0.196. The Morgan fingerprint density at radius 1 is 1.04 bits per heavy atom. The minimum atomic E-state index is -0.429. The molecule has 2 aromatic rings. The van der Waals surface area contributed by atoms with Gasteiger partial charge < -0.3 is 14.0 Å². The van der Waals surface area contributed by atoms with Gasteiger partial charge in [-0.15, -0.1) is 0 Å². The molecule has 1 saturated heterocycles. The van der Waals surface area contributed by atoms with Crippen LogP contribution in [0.1, 0.15) is 39.7 Å². The van der Waals surface area contributed by atoms with Gasteiger partial charge >= 0.3 is 13.1 Å². The summed E-state index contributed by atoms with van der Waals surface area (Å²) in [5, 5.41) is 0. The summed E-state index contributed by atoms with van der Waals surface area (Å²) in [6, 6.07) is 10.2. The molecule has 0 amide bonds. The van der Waals surface area contributed by atoms with Crippen LogP contribution in [0.15, 0.2) is 42.7 Å². The van der Waals surface area contributed by atoms with Crippen LogP contribution >= 0.6 is 0 Å². The van der Waals surface area contributed by atoms with Crippen molar-refractivity contribution in [1.82, 2.24) is 4.98 Å². The van der Waals surface area contributed by atoms with Crippen LogP contribution in [0.4, 0.5) is 0 Å². The highest BCUT2D eigenvalue weighted by Gasteiger charge is 2.51. The van der Waals surface area contributed by atoms with Gasteiger partial charge in [-0.25, -0.2) is 0 Å². The fourth-order valence-corrected chi connectivity index (χ4v) is 2.94. The van der Waals surface area contributed by atoms with E-state index in [0.717, 1.165) is 22.2 Å². The molecule has 0 bridgehead atoms. The number of carbonyl (C=O) groups excluding carboxylic acids is 1. The zero-order valence-electron chi connectivity index (χ0n) is 16.6. The van der Waals surface area contributed by atoms with Crippen LogP contribution in [0, 0.1) is 0 Å². The number of nitrogens with zero attached hydrogens (tertiary/aromatic N) is 1. The normalized spacial score (nSPS) is 17.7. The average molecular weight is 367 g/mol. The lowest BCUT2D eigenvalue weighted by Crippen LogP contribution is -2.41. The van der Waals surface area contributed by atoms with E-state index in [1.165, 1.54) is 7.11 Å². The second-order valence-electron chi connectivity index (χ2n) is 7.87. The van der Waals surface area contributed by atoms with Gasteiger partial charge in [0.1, 0.15) is 0 Å². The number of rotatable bonds is 5. The first kappa shape index (κ1) is 19.6. The van der Waals surface area contributed by atoms with E-state index in [0.29, 0.717) is 12.8 Å². The Bertz CT molecular complexity index is 801. The number of aromatic nitrogens is 1. The molecule has 0 N–H and O–H groups in total. The van der Waals surface area contributed by atoms with Crippen LogP contribution in [0.2, 0.25) is 0 Å². The van der Waals surface area contributed by atoms with Gasteiger partial charge in [0.2, 0.25) is 0 Å². The number of pyridine rings is 1. The van der Waals surface area contributed by atoms with Gasteiger partial charge in [-0.1, -0.05) is 30.3 Å². The second-order valence-corrected chi connectivity index (χ2v) is 7.87. The molecule has 1 aliphatic heterocycles. The Balaban J connectivity index is 1.75. The molecule has 0 radical (unpaired) electrons. The molecular weight excluding hydrogens is 341 g/mol. The average Bonchev–Trinajstić information content (AvgIpc) is 2.88. The third kappa shape index (κ3) is 4.23. The largest absolute Gasteiger partial charge is 0.496 e. The molecule has 1 aromatic carbocycles. The Morgan fingerprint density at radius 3 is 2.26 bits per heavy atom. The number of methoxy groups -OCH3 is 1. The fourth-order valence-electron chi connectivity index (χ4n) is 2.94. The van der Waals surface area contributed by atoms with Gasteiger partial charge in [0.15, 0.2) is 0 Å². The van der Waals surface area contributed by atoms with Crippen molar-refractivity contribution in [1.29, 1.82) is 0 Å². The fraction of sp³-hybridized carbons (Fsp3) is 0.429. The van der Waals surface area contributed by atoms with Crippen molar-refractivity contribution >= 4 is 18.6 Å². The summed E-state index contributed by atoms with van der Waals surface area (Å²) in [4.78, 5) is 15.6. The first-order valence-electron chi connectivity index (χ1n) is 9.18. The zero-order valence-corrected chi connectivity index (χ0v) is 16.6. The van der Waals surface area contributed by atoms with Crippen LogP contribution in [0.25, 0.3) is 11.1 Å². The van der Waals surface area contributed by atoms with E-state index in [1.807, 2.05) is 58.2 Å². The van der Waals surface area contributed by atoms with Crippen LogP contribution in [-0.2, 0) is 25.3 Å². The van der Waals surface area contributed by atoms with E-state index in [-0.39, 0.29) is 17.2 Å². The van der Waals surface area contributed by atoms with Crippen molar-refractivity contribution in [3.63, 3.8) is 0 Å². The number of carbonyl (C=O) groups is 1. The van der Waals surface area contributed by atoms with Crippen molar-refractivity contribution < 1.29 is 18.8 Å². The maximum absolute atomic E-state index is 11.3. The molecule has 142 valence electrons. The summed E-state index contributed by atoms with van der Waals surface area (Å²) in [6.07, 6.45) is 4.67. The molecule has 0 spiro atoms. The lowest BCUT2D eigenvalue weighted by molar-refractivity contribution is -0.140. The second kappa shape index (κ2) is 7.45. The summed E-state index contributed by atoms with van der Waals surface area (Å²) >= 11 is 0. The molecule has 0 atom stereocenters. The summed E-state index contributed by atoms with van der Waals surface area (Å²) in [5.41, 5.74) is 3.30. The highest BCUT2D eigenvalue weighted by atomic mass is 16.7. The third-order valence-electron chi connectivity index (χ3n) is 5.42. The van der Waals surface area contributed by atoms with Gasteiger partial charge in [-0.3, -0.25) is 9.78 Å². The maximum Gasteiger partial charge on any atom is 0.496 e. The van der Waals surface area contributed by atoms with E-state index in [1.54, 1.807) is 6.20 Å². The predicted octanol–water partition coefficient (Wildman–Crippen LogP) is 3.15. The molecule has 3 rings (SSSR count). The topological polar surface area (TPSA) is 57.7 Å². The van der Waals surface area contributed by atoms with Gasteiger partial charge in [0, 0.05) is 24.3 Å². The molecule has 0 saturated carbocycles. The first-order valence-corrected chi connectivity index (χ1v) is 9.18. The van der Waals surface area contributed by atoms with E-state index in [9.17, 15) is 4.79 Å². The monoisotopic (exact) mass is 367 g/mol. The van der Waals surface area contributed by atoms with Crippen LogP contribution < -0.4 is 5.46 Å². The molecule has 1 aliphatic rings. The lowest BCUT2D eigenvalue weighted by atomic mass is 9.79. The molecule has 0 unspecified atom stereocenters. The number of hydrogen-bond acceptors (Lipinski definition) is 5. The molecule has 27 heavy (non-hydrogen) atoms. The van der Waals surface area contributed by atoms with Crippen LogP contribution in [0.5, 0.6) is 0 Å². The SMILES string of the molecule is COC(=O)CCc1ccc(-c2cncc(B3OC(C)(C)C(C)(C)O3)c2)cc1. The molecule has 1 fully saturated rings. The van der Waals surface area contributed by atoms with Crippen molar-refractivity contribution in [2.75, 3.05) is 7.11 Å². The highest BCUT2D eigenvalue weighted by Crippen LogP contribution is 2.36. The van der Waals surface area contributed by atoms with Gasteiger partial charge in [-0.05, 0) is 50.8 Å². The summed E-state index contributed by atoms with van der Waals surface area (Å²) < 4.78 is 16.9. The van der Waals surface area contributed by atoms with Crippen LogP contribution in [0.3, 0.4) is 0 Å². The van der Waals surface area contributed by atoms with Crippen molar-refractivity contribution in [2.45, 2.75) is 51.7 Å². The van der Waals surface area contributed by atoms with Gasteiger partial charge in [0.25, 0.3) is 0 Å². The first-order chi connectivity index (χ1) is 12.7. The predicted molar refractivity (Wildman–Crippen MR) is 106 cm³/mol. The Morgan fingerprint density at radius 2 is 1.67 bits per heavy atom. The Labute approximate surface area is 161 Å². The van der Waals surface area contributed by atoms with E-state index in [2.05, 4.69) is 15.8 Å². The summed E-state index contributed by atoms with van der Waals surface area (Å²) in [5.74, 6) is -0.196. The Kier molecular flexibility index (Phi) is 5.40. The molecule has 5 nitrogen and oxygen atoms in total. The highest BCUT2D eigenvalue weighted by molar-refractivity contribution is 6.62. The van der Waals surface area contributed by atoms with Crippen molar-refractivity contribution in [3.8, 4) is 11.1 Å². The van der Waals surface area contributed by atoms with Crippen LogP contribution in [-0.4, -0.2) is 36.4 Å². The number of benzene rings is 1. The lowest BCUT2D eigenvalue weighted by Gasteiger charge is -2.32. The summed E-state index contributed by atoms with van der Waals surface area (Å²) in [6.45, 7) is 8.16. The molecule has 0 aliphatic carbocycles. The number of hydrogen-bond donors (Lipinski definition) is 0. The third-order valence-corrected chi connectivity index (χ3v) is 5.42. The molecular formula is C21H26BNO4. The molecule has 1 aromatic heterocycles. The standard InChI is InChI=1S/C21H26BNO4/c1-20(2)21(3,4)27-22(26-20)18-12-17(13-23-14-18)16-9-6-15(7-10-16)8-11-19(24)25-5/h6-7,9-10,12-14H,8,11H2,1-5H3. The molecule has 6 heteroatoms.